The summed E-state index contributed by atoms with van der Waals surface area (Å²) < 4.78 is 40.9. The number of hydrogen-bond donors (Lipinski definition) is 1. The van der Waals surface area contributed by atoms with Crippen LogP contribution in [0.2, 0.25) is 10.0 Å². The van der Waals surface area contributed by atoms with Gasteiger partial charge in [-0.15, -0.1) is 0 Å². The molecule has 0 bridgehead atoms. The lowest BCUT2D eigenvalue weighted by Gasteiger charge is -2.23. The summed E-state index contributed by atoms with van der Waals surface area (Å²) in [5, 5.41) is 10.4. The number of carboxylic acid groups (broad SMARTS) is 1. The summed E-state index contributed by atoms with van der Waals surface area (Å²) >= 11 is 12.0. The monoisotopic (exact) mass is 575 g/mol. The van der Waals surface area contributed by atoms with Crippen LogP contribution in [0.25, 0.3) is 16.7 Å². The second-order valence-electron chi connectivity index (χ2n) is 8.72. The molecule has 0 atom stereocenters. The van der Waals surface area contributed by atoms with Gasteiger partial charge in [0.15, 0.2) is 0 Å². The van der Waals surface area contributed by atoms with Crippen LogP contribution in [0, 0.1) is 0 Å². The van der Waals surface area contributed by atoms with Gasteiger partial charge in [0.05, 0.1) is 35.5 Å². The fraction of sp³-hybridized carbons (Fsp3) is 0.231. The Bertz CT molecular complexity index is 1560. The average Bonchev–Trinajstić information content (AvgIpc) is 3.31. The van der Waals surface area contributed by atoms with Crippen LogP contribution in [0.5, 0.6) is 5.75 Å². The zero-order chi connectivity index (χ0) is 26.9. The van der Waals surface area contributed by atoms with Gasteiger partial charge in [0, 0.05) is 34.5 Å². The number of benzene rings is 2. The van der Waals surface area contributed by atoms with Crippen molar-refractivity contribution >= 4 is 55.8 Å². The standard InChI is InChI=1S/C26H23Cl2N3O6S/c27-18-12-19(28)14-23(13-18)38(34,35)31(16-26(32)33)20-1-3-24-17(11-20)5-8-30(24)25-4-2-22(15-29-25)37-21-6-9-36-10-7-21/h1-5,8,11-15,21H,6-7,9-10,16H2,(H,32,33). The van der Waals surface area contributed by atoms with Crippen molar-refractivity contribution in [2.24, 2.45) is 0 Å². The summed E-state index contributed by atoms with van der Waals surface area (Å²) in [5.74, 6) is 0.0114. The Morgan fingerprint density at radius 1 is 1.08 bits per heavy atom. The van der Waals surface area contributed by atoms with Crippen molar-refractivity contribution in [3.8, 4) is 11.6 Å². The predicted octanol–water partition coefficient (Wildman–Crippen LogP) is 5.17. The molecule has 0 radical (unpaired) electrons. The third kappa shape index (κ3) is 5.58. The third-order valence-corrected chi connectivity index (χ3v) is 8.29. The first-order valence-corrected chi connectivity index (χ1v) is 13.9. The second-order valence-corrected chi connectivity index (χ2v) is 11.5. The molecule has 5 rings (SSSR count). The van der Waals surface area contributed by atoms with E-state index in [0.29, 0.717) is 30.2 Å². The van der Waals surface area contributed by atoms with Crippen LogP contribution in [0.3, 0.4) is 0 Å². The van der Waals surface area contributed by atoms with Gasteiger partial charge in [-0.2, -0.15) is 0 Å². The molecule has 198 valence electrons. The Labute approximate surface area is 229 Å². The van der Waals surface area contributed by atoms with Gasteiger partial charge in [-0.05, 0) is 54.6 Å². The topological polar surface area (TPSA) is 111 Å². The molecular weight excluding hydrogens is 553 g/mol. The van der Waals surface area contributed by atoms with Gasteiger partial charge in [0.1, 0.15) is 24.2 Å². The first-order valence-electron chi connectivity index (χ1n) is 11.7. The molecule has 0 spiro atoms. The van der Waals surface area contributed by atoms with E-state index in [2.05, 4.69) is 4.98 Å². The van der Waals surface area contributed by atoms with E-state index < -0.39 is 22.5 Å². The molecule has 0 amide bonds. The number of carboxylic acids is 1. The molecule has 0 saturated carbocycles. The molecule has 1 N–H and O–H groups in total. The maximum Gasteiger partial charge on any atom is 0.324 e. The minimum Gasteiger partial charge on any atom is -0.489 e. The number of aromatic nitrogens is 2. The Morgan fingerprint density at radius 3 is 2.47 bits per heavy atom. The van der Waals surface area contributed by atoms with Crippen LogP contribution < -0.4 is 9.04 Å². The van der Waals surface area contributed by atoms with Crippen LogP contribution in [0.1, 0.15) is 12.8 Å². The Balaban J connectivity index is 1.45. The van der Waals surface area contributed by atoms with E-state index in [-0.39, 0.29) is 26.7 Å². The summed E-state index contributed by atoms with van der Waals surface area (Å²) in [7, 11) is -4.28. The van der Waals surface area contributed by atoms with E-state index in [1.807, 2.05) is 22.9 Å². The van der Waals surface area contributed by atoms with Crippen molar-refractivity contribution in [3.63, 3.8) is 0 Å². The van der Waals surface area contributed by atoms with Crippen molar-refractivity contribution in [2.75, 3.05) is 24.1 Å². The van der Waals surface area contributed by atoms with Gasteiger partial charge >= 0.3 is 5.97 Å². The molecule has 1 aliphatic rings. The highest BCUT2D eigenvalue weighted by molar-refractivity contribution is 7.92. The first kappa shape index (κ1) is 26.3. The zero-order valence-corrected chi connectivity index (χ0v) is 22.3. The Hall–Kier alpha value is -3.31. The molecule has 1 aliphatic heterocycles. The first-order chi connectivity index (χ1) is 18.2. The number of pyridine rings is 1. The number of ether oxygens (including phenoxy) is 2. The predicted molar refractivity (Wildman–Crippen MR) is 144 cm³/mol. The number of fused-ring (bicyclic) bond motifs is 1. The van der Waals surface area contributed by atoms with E-state index >= 15 is 0 Å². The lowest BCUT2D eigenvalue weighted by molar-refractivity contribution is -0.135. The lowest BCUT2D eigenvalue weighted by Crippen LogP contribution is -2.35. The van der Waals surface area contributed by atoms with E-state index in [1.54, 1.807) is 30.5 Å². The van der Waals surface area contributed by atoms with Crippen molar-refractivity contribution in [1.82, 2.24) is 9.55 Å². The molecule has 4 aromatic rings. The van der Waals surface area contributed by atoms with Crippen LogP contribution in [-0.2, 0) is 19.6 Å². The van der Waals surface area contributed by atoms with E-state index in [9.17, 15) is 18.3 Å². The fourth-order valence-corrected chi connectivity index (χ4v) is 6.43. The lowest BCUT2D eigenvalue weighted by atomic mass is 10.1. The van der Waals surface area contributed by atoms with E-state index in [0.717, 1.165) is 22.7 Å². The third-order valence-electron chi connectivity index (χ3n) is 6.10. The van der Waals surface area contributed by atoms with Crippen LogP contribution in [0.4, 0.5) is 5.69 Å². The van der Waals surface area contributed by atoms with Crippen LogP contribution >= 0.6 is 23.2 Å². The Morgan fingerprint density at radius 2 is 1.82 bits per heavy atom. The number of halogens is 2. The fourth-order valence-electron chi connectivity index (χ4n) is 4.30. The summed E-state index contributed by atoms with van der Waals surface area (Å²) in [6, 6.07) is 14.2. The number of carbonyl (C=O) groups is 1. The average molecular weight is 576 g/mol. The molecule has 1 saturated heterocycles. The van der Waals surface area contributed by atoms with Crippen LogP contribution in [0.15, 0.2) is 71.9 Å². The smallest absolute Gasteiger partial charge is 0.324 e. The largest absolute Gasteiger partial charge is 0.489 e. The molecule has 1 fully saturated rings. The van der Waals surface area contributed by atoms with Crippen molar-refractivity contribution in [1.29, 1.82) is 0 Å². The number of anilines is 1. The zero-order valence-electron chi connectivity index (χ0n) is 20.0. The minimum absolute atomic E-state index is 0.107. The van der Waals surface area contributed by atoms with Gasteiger partial charge in [-0.1, -0.05) is 23.2 Å². The SMILES string of the molecule is O=C(O)CN(c1ccc2c(ccn2-c2ccc(OC3CCOCC3)cn2)c1)S(=O)(=O)c1cc(Cl)cc(Cl)c1. The summed E-state index contributed by atoms with van der Waals surface area (Å²) in [6.45, 7) is 0.589. The molecule has 0 unspecified atom stereocenters. The maximum atomic E-state index is 13.4. The molecule has 2 aromatic carbocycles. The Kier molecular flexibility index (Phi) is 7.49. The summed E-state index contributed by atoms with van der Waals surface area (Å²) in [5.41, 5.74) is 0.944. The van der Waals surface area contributed by atoms with E-state index in [4.69, 9.17) is 32.7 Å². The van der Waals surface area contributed by atoms with Gasteiger partial charge in [-0.25, -0.2) is 13.4 Å². The summed E-state index contributed by atoms with van der Waals surface area (Å²) in [6.07, 6.45) is 5.26. The van der Waals surface area contributed by atoms with E-state index in [1.165, 1.54) is 18.2 Å². The minimum atomic E-state index is -4.28. The highest BCUT2D eigenvalue weighted by Crippen LogP contribution is 2.31. The quantitative estimate of drug-likeness (QED) is 0.308. The normalized spacial score (nSPS) is 14.5. The molecule has 9 nitrogen and oxygen atoms in total. The molecule has 38 heavy (non-hydrogen) atoms. The maximum absolute atomic E-state index is 13.4. The molecular formula is C26H23Cl2N3O6S. The number of aliphatic carboxylic acids is 1. The highest BCUT2D eigenvalue weighted by atomic mass is 35.5. The van der Waals surface area contributed by atoms with Gasteiger partial charge in [0.25, 0.3) is 10.0 Å². The second kappa shape index (κ2) is 10.8. The number of hydrogen-bond acceptors (Lipinski definition) is 6. The summed E-state index contributed by atoms with van der Waals surface area (Å²) in [4.78, 5) is 15.9. The van der Waals surface area contributed by atoms with Gasteiger partial charge in [-0.3, -0.25) is 9.10 Å². The molecule has 0 aliphatic carbocycles. The van der Waals surface area contributed by atoms with Crippen LogP contribution in [-0.4, -0.2) is 54.9 Å². The number of rotatable bonds is 8. The number of sulfonamides is 1. The van der Waals surface area contributed by atoms with Gasteiger partial charge < -0.3 is 19.1 Å². The highest BCUT2D eigenvalue weighted by Gasteiger charge is 2.28. The van der Waals surface area contributed by atoms with Crippen molar-refractivity contribution in [3.05, 3.63) is 77.0 Å². The van der Waals surface area contributed by atoms with Gasteiger partial charge in [0.2, 0.25) is 0 Å². The van der Waals surface area contributed by atoms with Crippen molar-refractivity contribution < 1.29 is 27.8 Å². The molecule has 3 heterocycles. The molecule has 2 aromatic heterocycles. The van der Waals surface area contributed by atoms with Crippen molar-refractivity contribution in [2.45, 2.75) is 23.8 Å². The molecule has 12 heteroatoms. The number of nitrogens with zero attached hydrogens (tertiary/aromatic N) is 3.